The standard InChI is InChI=1S/C20H23N7O3S2/c1-4-11-26-18-10-9-16(32(29,30)25(2)3)12-17(18)21-19(26)13-31-20-22-23-24-27(20)14-5-7-15(28)8-6-14/h5-10,12,28H,4,11,13H2,1-3H3. The van der Waals surface area contributed by atoms with Crippen LogP contribution >= 0.6 is 11.8 Å². The zero-order valence-corrected chi connectivity index (χ0v) is 19.5. The number of tetrazole rings is 1. The third-order valence-electron chi connectivity index (χ3n) is 4.89. The maximum Gasteiger partial charge on any atom is 0.242 e. The minimum absolute atomic E-state index is 0.167. The Hall–Kier alpha value is -2.96. The van der Waals surface area contributed by atoms with Crippen LogP contribution in [-0.4, -0.2) is 61.7 Å². The van der Waals surface area contributed by atoms with Gasteiger partial charge in [-0.15, -0.1) is 5.10 Å². The fourth-order valence-corrected chi connectivity index (χ4v) is 5.03. The second kappa shape index (κ2) is 8.88. The molecule has 4 aromatic rings. The molecular formula is C20H23N7O3S2. The molecule has 12 heteroatoms. The number of hydrogen-bond acceptors (Lipinski definition) is 8. The second-order valence-corrected chi connectivity index (χ2v) is 10.4. The van der Waals surface area contributed by atoms with E-state index in [0.29, 0.717) is 16.4 Å². The van der Waals surface area contributed by atoms with E-state index in [0.717, 1.165) is 30.0 Å². The van der Waals surface area contributed by atoms with Crippen molar-refractivity contribution in [3.8, 4) is 11.4 Å². The van der Waals surface area contributed by atoms with Gasteiger partial charge in [0.25, 0.3) is 0 Å². The number of nitrogens with zero attached hydrogens (tertiary/aromatic N) is 7. The minimum Gasteiger partial charge on any atom is -0.508 e. The number of sulfonamides is 1. The molecule has 2 heterocycles. The van der Waals surface area contributed by atoms with Gasteiger partial charge in [-0.3, -0.25) is 0 Å². The molecule has 0 amide bonds. The summed E-state index contributed by atoms with van der Waals surface area (Å²) >= 11 is 1.43. The molecule has 168 valence electrons. The Labute approximate surface area is 189 Å². The predicted molar refractivity (Wildman–Crippen MR) is 121 cm³/mol. The van der Waals surface area contributed by atoms with Crippen molar-refractivity contribution < 1.29 is 13.5 Å². The molecule has 0 unspecified atom stereocenters. The molecule has 0 bridgehead atoms. The van der Waals surface area contributed by atoms with Crippen molar-refractivity contribution in [2.24, 2.45) is 0 Å². The number of fused-ring (bicyclic) bond motifs is 1. The highest BCUT2D eigenvalue weighted by atomic mass is 32.2. The third kappa shape index (κ3) is 4.20. The maximum atomic E-state index is 12.5. The number of aryl methyl sites for hydroxylation is 1. The maximum absolute atomic E-state index is 12.5. The Morgan fingerprint density at radius 2 is 1.88 bits per heavy atom. The first-order chi connectivity index (χ1) is 15.3. The van der Waals surface area contributed by atoms with E-state index in [1.807, 2.05) is 6.07 Å². The highest BCUT2D eigenvalue weighted by Gasteiger charge is 2.20. The van der Waals surface area contributed by atoms with Crippen molar-refractivity contribution in [3.05, 3.63) is 48.3 Å². The average Bonchev–Trinajstić information content (AvgIpc) is 3.37. The monoisotopic (exact) mass is 473 g/mol. The summed E-state index contributed by atoms with van der Waals surface area (Å²) in [6, 6.07) is 11.7. The molecule has 4 rings (SSSR count). The van der Waals surface area contributed by atoms with Gasteiger partial charge in [0.05, 0.1) is 27.4 Å². The van der Waals surface area contributed by atoms with Gasteiger partial charge in [-0.25, -0.2) is 17.7 Å². The number of hydrogen-bond donors (Lipinski definition) is 1. The first-order valence-electron chi connectivity index (χ1n) is 9.93. The Balaban J connectivity index is 1.65. The molecule has 0 atom stereocenters. The van der Waals surface area contributed by atoms with Crippen LogP contribution in [0.15, 0.2) is 52.5 Å². The lowest BCUT2D eigenvalue weighted by Gasteiger charge is -2.11. The normalized spacial score (nSPS) is 12.1. The van der Waals surface area contributed by atoms with Crippen molar-refractivity contribution in [3.63, 3.8) is 0 Å². The van der Waals surface area contributed by atoms with Gasteiger partial charge >= 0.3 is 0 Å². The highest BCUT2D eigenvalue weighted by molar-refractivity contribution is 7.98. The zero-order chi connectivity index (χ0) is 22.9. The molecular weight excluding hydrogens is 450 g/mol. The third-order valence-corrected chi connectivity index (χ3v) is 7.62. The quantitative estimate of drug-likeness (QED) is 0.388. The molecule has 1 N–H and O–H groups in total. The molecule has 0 spiro atoms. The van der Waals surface area contributed by atoms with Crippen LogP contribution in [0.4, 0.5) is 0 Å². The topological polar surface area (TPSA) is 119 Å². The van der Waals surface area contributed by atoms with Gasteiger partial charge in [0, 0.05) is 20.6 Å². The van der Waals surface area contributed by atoms with Crippen molar-refractivity contribution in [2.45, 2.75) is 35.7 Å². The van der Waals surface area contributed by atoms with Gasteiger partial charge in [-0.05, 0) is 59.3 Å². The Bertz CT molecular complexity index is 1350. The molecule has 10 nitrogen and oxygen atoms in total. The minimum atomic E-state index is -3.54. The van der Waals surface area contributed by atoms with E-state index >= 15 is 0 Å². The highest BCUT2D eigenvalue weighted by Crippen LogP contribution is 2.27. The Morgan fingerprint density at radius 1 is 1.12 bits per heavy atom. The first-order valence-corrected chi connectivity index (χ1v) is 12.4. The van der Waals surface area contributed by atoms with Gasteiger partial charge in [0.2, 0.25) is 15.2 Å². The number of imidazole rings is 1. The van der Waals surface area contributed by atoms with E-state index in [-0.39, 0.29) is 10.6 Å². The van der Waals surface area contributed by atoms with Crippen LogP contribution in [0.3, 0.4) is 0 Å². The fourth-order valence-electron chi connectivity index (χ4n) is 3.27. The Morgan fingerprint density at radius 3 is 2.56 bits per heavy atom. The van der Waals surface area contributed by atoms with Crippen LogP contribution < -0.4 is 0 Å². The number of phenols is 1. The van der Waals surface area contributed by atoms with Gasteiger partial charge in [-0.2, -0.15) is 4.68 Å². The molecule has 0 aliphatic heterocycles. The van der Waals surface area contributed by atoms with Crippen LogP contribution in [0.25, 0.3) is 16.7 Å². The number of aromatic hydroxyl groups is 1. The molecule has 0 radical (unpaired) electrons. The number of thioether (sulfide) groups is 1. The summed E-state index contributed by atoms with van der Waals surface area (Å²) in [5.74, 6) is 1.48. The molecule has 0 saturated carbocycles. The molecule has 0 saturated heterocycles. The summed E-state index contributed by atoms with van der Waals surface area (Å²) in [6.45, 7) is 2.84. The second-order valence-electron chi connectivity index (χ2n) is 7.30. The smallest absolute Gasteiger partial charge is 0.242 e. The van der Waals surface area contributed by atoms with Crippen molar-refractivity contribution >= 4 is 32.8 Å². The summed E-state index contributed by atoms with van der Waals surface area (Å²) in [5, 5.41) is 22.0. The number of phenolic OH excluding ortho intramolecular Hbond substituents is 1. The molecule has 0 aliphatic rings. The van der Waals surface area contributed by atoms with Crippen molar-refractivity contribution in [2.75, 3.05) is 14.1 Å². The van der Waals surface area contributed by atoms with E-state index in [4.69, 9.17) is 4.98 Å². The zero-order valence-electron chi connectivity index (χ0n) is 17.9. The molecule has 2 aromatic heterocycles. The van der Waals surface area contributed by atoms with E-state index < -0.39 is 10.0 Å². The molecule has 32 heavy (non-hydrogen) atoms. The van der Waals surface area contributed by atoms with Gasteiger partial charge in [-0.1, -0.05) is 18.7 Å². The predicted octanol–water partition coefficient (Wildman–Crippen LogP) is 2.67. The average molecular weight is 474 g/mol. The van der Waals surface area contributed by atoms with Gasteiger partial charge in [0.1, 0.15) is 11.6 Å². The number of rotatable bonds is 8. The van der Waals surface area contributed by atoms with Crippen LogP contribution in [0, 0.1) is 0 Å². The SMILES string of the molecule is CCCn1c(CSc2nnnn2-c2ccc(O)cc2)nc2cc(S(=O)(=O)N(C)C)ccc21. The molecule has 0 aliphatic carbocycles. The summed E-state index contributed by atoms with van der Waals surface area (Å²) < 4.78 is 29.9. The van der Waals surface area contributed by atoms with Gasteiger partial charge in [0.15, 0.2) is 0 Å². The number of aromatic nitrogens is 6. The Kier molecular flexibility index (Phi) is 6.17. The summed E-state index contributed by atoms with van der Waals surface area (Å²) in [4.78, 5) is 4.94. The van der Waals surface area contributed by atoms with Crippen LogP contribution in [0.5, 0.6) is 5.75 Å². The molecule has 0 fully saturated rings. The fraction of sp³-hybridized carbons (Fsp3) is 0.300. The van der Waals surface area contributed by atoms with E-state index in [1.165, 1.54) is 30.2 Å². The van der Waals surface area contributed by atoms with Crippen LogP contribution in [0.1, 0.15) is 19.2 Å². The van der Waals surface area contributed by atoms with Crippen LogP contribution in [0.2, 0.25) is 0 Å². The first kappa shape index (κ1) is 22.2. The van der Waals surface area contributed by atoms with Crippen molar-refractivity contribution in [1.29, 1.82) is 0 Å². The van der Waals surface area contributed by atoms with E-state index in [1.54, 1.807) is 41.1 Å². The van der Waals surface area contributed by atoms with E-state index in [2.05, 4.69) is 27.0 Å². The molecule has 2 aromatic carbocycles. The summed E-state index contributed by atoms with van der Waals surface area (Å²) in [7, 11) is -0.521. The number of benzene rings is 2. The summed E-state index contributed by atoms with van der Waals surface area (Å²) in [5.41, 5.74) is 2.25. The van der Waals surface area contributed by atoms with E-state index in [9.17, 15) is 13.5 Å². The largest absolute Gasteiger partial charge is 0.508 e. The lowest BCUT2D eigenvalue weighted by molar-refractivity contribution is 0.475. The lowest BCUT2D eigenvalue weighted by Crippen LogP contribution is -2.22. The summed E-state index contributed by atoms with van der Waals surface area (Å²) in [6.07, 6.45) is 0.909. The lowest BCUT2D eigenvalue weighted by atomic mass is 10.3. The van der Waals surface area contributed by atoms with Crippen LogP contribution in [-0.2, 0) is 22.3 Å². The van der Waals surface area contributed by atoms with Gasteiger partial charge < -0.3 is 9.67 Å². The van der Waals surface area contributed by atoms with Crippen molar-refractivity contribution in [1.82, 2.24) is 34.1 Å².